The van der Waals surface area contributed by atoms with Crippen molar-refractivity contribution >= 4 is 35.0 Å². The number of hydrogen-bond donors (Lipinski definition) is 2. The molecule has 3 rings (SSSR count). The molecule has 1 aromatic heterocycles. The fourth-order valence-electron chi connectivity index (χ4n) is 2.76. The number of alkyl halides is 3. The molecule has 2 N–H and O–H groups in total. The van der Waals surface area contributed by atoms with Gasteiger partial charge in [0, 0.05) is 6.61 Å². The van der Waals surface area contributed by atoms with Crippen LogP contribution in [0.1, 0.15) is 18.4 Å². The van der Waals surface area contributed by atoms with Crippen LogP contribution in [0.5, 0.6) is 0 Å². The van der Waals surface area contributed by atoms with E-state index >= 15 is 0 Å². The molecule has 0 radical (unpaired) electrons. The number of benzene rings is 1. The second-order valence-corrected chi connectivity index (χ2v) is 7.40. The Bertz CT molecular complexity index is 909. The number of rotatable bonds is 6. The molecule has 1 fully saturated rings. The molecule has 2 heterocycles. The Labute approximate surface area is 166 Å². The van der Waals surface area contributed by atoms with Crippen LogP contribution in [0, 0.1) is 0 Å². The lowest BCUT2D eigenvalue weighted by molar-refractivity contribution is -0.137. The number of anilines is 1. The van der Waals surface area contributed by atoms with Gasteiger partial charge >= 0.3 is 11.9 Å². The lowest BCUT2D eigenvalue weighted by Gasteiger charge is -2.15. The average molecular weight is 437 g/mol. The Kier molecular flexibility index (Phi) is 6.36. The van der Waals surface area contributed by atoms with Gasteiger partial charge in [-0.2, -0.15) is 13.2 Å². The first-order valence-electron chi connectivity index (χ1n) is 8.31. The smallest absolute Gasteiger partial charge is 0.376 e. The Hall–Kier alpha value is -1.98. The van der Waals surface area contributed by atoms with Gasteiger partial charge < -0.3 is 10.1 Å². The number of carbonyl (C=O) groups excluding carboxylic acids is 1. The summed E-state index contributed by atoms with van der Waals surface area (Å²) in [4.78, 5) is 24.1. The van der Waals surface area contributed by atoms with Crippen LogP contribution in [0.15, 0.2) is 28.2 Å². The summed E-state index contributed by atoms with van der Waals surface area (Å²) in [6, 6.07) is 3.25. The van der Waals surface area contributed by atoms with Gasteiger partial charge in [0.05, 0.1) is 34.7 Å². The molecule has 0 spiro atoms. The normalized spacial score (nSPS) is 17.1. The predicted octanol–water partition coefficient (Wildman–Crippen LogP) is 3.15. The molecule has 1 atom stereocenters. The van der Waals surface area contributed by atoms with E-state index in [1.807, 2.05) is 0 Å². The lowest BCUT2D eigenvalue weighted by Crippen LogP contribution is -2.25. The topological polar surface area (TPSA) is 89.0 Å². The number of nitrogens with one attached hydrogen (secondary N) is 2. The zero-order valence-corrected chi connectivity index (χ0v) is 16.0. The minimum atomic E-state index is -4.66. The molecule has 7 nitrogen and oxygen atoms in total. The Morgan fingerprint density at radius 1 is 1.46 bits per heavy atom. The first-order chi connectivity index (χ1) is 13.3. The van der Waals surface area contributed by atoms with E-state index in [1.165, 1.54) is 10.6 Å². The maximum atomic E-state index is 13.1. The summed E-state index contributed by atoms with van der Waals surface area (Å²) in [7, 11) is 0. The molecular weight excluding hydrogens is 421 g/mol. The number of amides is 1. The zero-order valence-electron chi connectivity index (χ0n) is 14.4. The van der Waals surface area contributed by atoms with Gasteiger partial charge in [-0.15, -0.1) is 5.10 Å². The van der Waals surface area contributed by atoms with E-state index in [-0.39, 0.29) is 22.0 Å². The summed E-state index contributed by atoms with van der Waals surface area (Å²) >= 11 is 6.75. The fourth-order valence-corrected chi connectivity index (χ4v) is 3.74. The number of nitrogens with zero attached hydrogens (tertiary/aromatic N) is 2. The van der Waals surface area contributed by atoms with E-state index < -0.39 is 29.0 Å². The molecule has 1 aromatic carbocycles. The average Bonchev–Trinajstić information content (AvgIpc) is 3.25. The van der Waals surface area contributed by atoms with Crippen LogP contribution < -0.4 is 11.0 Å². The number of aromatic nitrogens is 3. The first kappa shape index (κ1) is 20.7. The van der Waals surface area contributed by atoms with Gasteiger partial charge in [-0.3, -0.25) is 9.36 Å². The monoisotopic (exact) mass is 436 g/mol. The van der Waals surface area contributed by atoms with Crippen molar-refractivity contribution in [1.82, 2.24) is 14.8 Å². The van der Waals surface area contributed by atoms with Gasteiger partial charge in [-0.1, -0.05) is 29.4 Å². The van der Waals surface area contributed by atoms with Gasteiger partial charge in [0.2, 0.25) is 5.91 Å². The molecule has 1 unspecified atom stereocenters. The van der Waals surface area contributed by atoms with E-state index in [2.05, 4.69) is 15.5 Å². The number of ether oxygens (including phenoxy) is 1. The van der Waals surface area contributed by atoms with Crippen LogP contribution in [-0.2, 0) is 22.3 Å². The van der Waals surface area contributed by atoms with Crippen molar-refractivity contribution in [1.29, 1.82) is 0 Å². The number of para-hydroxylation sites is 1. The maximum absolute atomic E-state index is 13.1. The Balaban J connectivity index is 1.67. The first-order valence-corrected chi connectivity index (χ1v) is 9.67. The van der Waals surface area contributed by atoms with Crippen LogP contribution in [0.2, 0.25) is 5.02 Å². The van der Waals surface area contributed by atoms with Crippen LogP contribution in [0.4, 0.5) is 18.9 Å². The Morgan fingerprint density at radius 2 is 2.25 bits per heavy atom. The van der Waals surface area contributed by atoms with Gasteiger partial charge in [0.1, 0.15) is 0 Å². The number of H-pyrrole nitrogens is 1. The van der Waals surface area contributed by atoms with Gasteiger partial charge in [0.15, 0.2) is 5.16 Å². The van der Waals surface area contributed by atoms with Crippen molar-refractivity contribution in [2.75, 3.05) is 17.7 Å². The van der Waals surface area contributed by atoms with Crippen molar-refractivity contribution in [3.63, 3.8) is 0 Å². The molecule has 1 aliphatic heterocycles. The highest BCUT2D eigenvalue weighted by molar-refractivity contribution is 7.99. The predicted molar refractivity (Wildman–Crippen MR) is 97.6 cm³/mol. The summed E-state index contributed by atoms with van der Waals surface area (Å²) in [5.41, 5.74) is -1.97. The molecule has 0 bridgehead atoms. The van der Waals surface area contributed by atoms with Crippen molar-refractivity contribution in [2.24, 2.45) is 0 Å². The number of aromatic amines is 1. The number of halogens is 4. The third-order valence-electron chi connectivity index (χ3n) is 4.05. The fraction of sp³-hybridized carbons (Fsp3) is 0.438. The lowest BCUT2D eigenvalue weighted by atomic mass is 10.1. The largest absolute Gasteiger partial charge is 0.418 e. The third-order valence-corrected chi connectivity index (χ3v) is 5.34. The minimum absolute atomic E-state index is 0.110. The van der Waals surface area contributed by atoms with Crippen molar-refractivity contribution < 1.29 is 22.7 Å². The molecule has 12 heteroatoms. The zero-order chi connectivity index (χ0) is 20.3. The molecule has 28 heavy (non-hydrogen) atoms. The quantitative estimate of drug-likeness (QED) is 0.679. The summed E-state index contributed by atoms with van der Waals surface area (Å²) < 4.78 is 46.1. The highest BCUT2D eigenvalue weighted by Crippen LogP contribution is 2.38. The van der Waals surface area contributed by atoms with Crippen molar-refractivity contribution in [3.8, 4) is 0 Å². The highest BCUT2D eigenvalue weighted by Gasteiger charge is 2.34. The second-order valence-electron chi connectivity index (χ2n) is 6.05. The third kappa shape index (κ3) is 4.89. The van der Waals surface area contributed by atoms with Gasteiger partial charge in [0.25, 0.3) is 0 Å². The van der Waals surface area contributed by atoms with E-state index in [0.717, 1.165) is 36.7 Å². The van der Waals surface area contributed by atoms with Crippen LogP contribution in [-0.4, -0.2) is 39.1 Å². The van der Waals surface area contributed by atoms with Crippen molar-refractivity contribution in [3.05, 3.63) is 39.3 Å². The molecule has 1 amide bonds. The van der Waals surface area contributed by atoms with E-state index in [1.54, 1.807) is 0 Å². The number of hydrogen-bond acceptors (Lipinski definition) is 5. The molecule has 0 saturated carbocycles. The number of carbonyl (C=O) groups is 1. The summed E-state index contributed by atoms with van der Waals surface area (Å²) in [6.07, 6.45) is -3.05. The SMILES string of the molecule is O=C(CSc1n[nH]c(=O)n1CC1CCCO1)Nc1c(Cl)cccc1C(F)(F)F. The molecular formula is C16H16ClF3N4O3S. The Morgan fingerprint density at radius 3 is 2.93 bits per heavy atom. The number of thioether (sulfide) groups is 1. The summed E-state index contributed by atoms with van der Waals surface area (Å²) in [5.74, 6) is -0.957. The van der Waals surface area contributed by atoms with E-state index in [4.69, 9.17) is 16.3 Å². The molecule has 0 aliphatic carbocycles. The maximum Gasteiger partial charge on any atom is 0.418 e. The minimum Gasteiger partial charge on any atom is -0.376 e. The second kappa shape index (κ2) is 8.58. The summed E-state index contributed by atoms with van der Waals surface area (Å²) in [6.45, 7) is 0.920. The standard InChI is InChI=1S/C16H16ClF3N4O3S/c17-11-5-1-4-10(16(18,19)20)13(11)21-12(25)8-28-15-23-22-14(26)24(15)7-9-3-2-6-27-9/h1,4-5,9H,2-3,6-8H2,(H,21,25)(H,22,26). The molecule has 2 aromatic rings. The summed E-state index contributed by atoms with van der Waals surface area (Å²) in [5, 5.41) is 8.39. The molecule has 1 aliphatic rings. The van der Waals surface area contributed by atoms with Crippen molar-refractivity contribution in [2.45, 2.75) is 36.8 Å². The van der Waals surface area contributed by atoms with Crippen LogP contribution in [0.3, 0.4) is 0 Å². The van der Waals surface area contributed by atoms with Crippen LogP contribution in [0.25, 0.3) is 0 Å². The molecule has 1 saturated heterocycles. The van der Waals surface area contributed by atoms with Gasteiger partial charge in [-0.05, 0) is 25.0 Å². The van der Waals surface area contributed by atoms with Gasteiger partial charge in [-0.25, -0.2) is 9.89 Å². The molecule has 152 valence electrons. The van der Waals surface area contributed by atoms with E-state index in [0.29, 0.717) is 13.2 Å². The van der Waals surface area contributed by atoms with Crippen LogP contribution >= 0.6 is 23.4 Å². The van der Waals surface area contributed by atoms with E-state index in [9.17, 15) is 22.8 Å². The highest BCUT2D eigenvalue weighted by atomic mass is 35.5.